The Bertz CT molecular complexity index is 1480. The zero-order valence-corrected chi connectivity index (χ0v) is 24.5. The molecule has 0 radical (unpaired) electrons. The lowest BCUT2D eigenvalue weighted by Crippen LogP contribution is -2.33. The molecule has 0 unspecified atom stereocenters. The van der Waals surface area contributed by atoms with Gasteiger partial charge in [-0.2, -0.15) is 13.2 Å². The lowest BCUT2D eigenvalue weighted by Gasteiger charge is -2.18. The van der Waals surface area contributed by atoms with Crippen LogP contribution in [0.5, 0.6) is 0 Å². The number of alkyl halides is 3. The minimum Gasteiger partial charge on any atom is -0.465 e. The molecule has 0 spiro atoms. The molecule has 0 atom stereocenters. The van der Waals surface area contributed by atoms with Crippen LogP contribution in [0, 0.1) is 0 Å². The van der Waals surface area contributed by atoms with E-state index in [-0.39, 0.29) is 18.8 Å². The number of benzene rings is 2. The molecule has 0 aliphatic carbocycles. The molecule has 8 nitrogen and oxygen atoms in total. The number of imide groups is 1. The van der Waals surface area contributed by atoms with Gasteiger partial charge in [-0.25, -0.2) is 14.6 Å². The SMILES string of the molecule is CCCCc1ncc(/C=C2/C(=O)N(CCCC)C(=O)N2Cc2ccc(C(F)(F)F)cc2)n1Cc1ccc(C(=O)OC)cc1. The summed E-state index contributed by atoms with van der Waals surface area (Å²) >= 11 is 0. The Labute approximate surface area is 248 Å². The van der Waals surface area contributed by atoms with Crippen molar-refractivity contribution in [3.8, 4) is 0 Å². The molecule has 0 saturated carbocycles. The minimum absolute atomic E-state index is 0.0665. The Hall–Kier alpha value is -4.41. The molecular weight excluding hydrogens is 561 g/mol. The maximum absolute atomic E-state index is 13.6. The van der Waals surface area contributed by atoms with Crippen LogP contribution in [0.3, 0.4) is 0 Å². The van der Waals surface area contributed by atoms with Gasteiger partial charge in [-0.3, -0.25) is 14.6 Å². The summed E-state index contributed by atoms with van der Waals surface area (Å²) in [6.45, 7) is 4.61. The van der Waals surface area contributed by atoms with Crippen molar-refractivity contribution in [3.63, 3.8) is 0 Å². The van der Waals surface area contributed by atoms with E-state index < -0.39 is 29.6 Å². The van der Waals surface area contributed by atoms with Crippen molar-refractivity contribution in [1.29, 1.82) is 0 Å². The number of aryl methyl sites for hydroxylation is 1. The molecule has 1 fully saturated rings. The fourth-order valence-electron chi connectivity index (χ4n) is 4.82. The second kappa shape index (κ2) is 13.7. The molecular formula is C32H35F3N4O4. The van der Waals surface area contributed by atoms with Crippen molar-refractivity contribution in [2.45, 2.75) is 65.2 Å². The highest BCUT2D eigenvalue weighted by atomic mass is 19.4. The molecule has 11 heteroatoms. The highest BCUT2D eigenvalue weighted by molar-refractivity contribution is 6.13. The van der Waals surface area contributed by atoms with Crippen molar-refractivity contribution in [1.82, 2.24) is 19.4 Å². The van der Waals surface area contributed by atoms with Gasteiger partial charge >= 0.3 is 18.2 Å². The first-order valence-electron chi connectivity index (χ1n) is 14.3. The highest BCUT2D eigenvalue weighted by Gasteiger charge is 2.41. The van der Waals surface area contributed by atoms with Crippen LogP contribution < -0.4 is 0 Å². The number of nitrogens with zero attached hydrogens (tertiary/aromatic N) is 4. The monoisotopic (exact) mass is 596 g/mol. The molecule has 1 aromatic heterocycles. The van der Waals surface area contributed by atoms with Crippen LogP contribution >= 0.6 is 0 Å². The van der Waals surface area contributed by atoms with Gasteiger partial charge in [-0.15, -0.1) is 0 Å². The summed E-state index contributed by atoms with van der Waals surface area (Å²) in [6.07, 6.45) is 2.76. The molecule has 0 N–H and O–H groups in total. The second-order valence-corrected chi connectivity index (χ2v) is 10.4. The largest absolute Gasteiger partial charge is 0.465 e. The topological polar surface area (TPSA) is 84.7 Å². The number of ether oxygens (including phenoxy) is 1. The average Bonchev–Trinajstić information content (AvgIpc) is 3.47. The Kier molecular flexibility index (Phi) is 10.1. The van der Waals surface area contributed by atoms with Crippen molar-refractivity contribution in [2.24, 2.45) is 0 Å². The predicted molar refractivity (Wildman–Crippen MR) is 155 cm³/mol. The summed E-state index contributed by atoms with van der Waals surface area (Å²) in [7, 11) is 1.32. The Morgan fingerprint density at radius 1 is 0.907 bits per heavy atom. The Morgan fingerprint density at radius 2 is 1.53 bits per heavy atom. The maximum atomic E-state index is 13.6. The van der Waals surface area contributed by atoms with E-state index in [0.29, 0.717) is 36.2 Å². The summed E-state index contributed by atoms with van der Waals surface area (Å²) in [4.78, 5) is 46.0. The standard InChI is InChI=1S/C32H35F3N4O4/c1-4-6-8-28-36-19-26(38(28)20-22-9-13-24(14-10-22)30(41)43-3)18-27-29(40)37(17-7-5-2)31(42)39(27)21-23-11-15-25(16-12-23)32(33,34)35/h9-16,18-19H,4-8,17,20-21H2,1-3H3/b27-18-. The third kappa shape index (κ3) is 7.33. The number of esters is 1. The molecule has 3 aromatic rings. The van der Waals surface area contributed by atoms with E-state index in [0.717, 1.165) is 42.8 Å². The molecule has 1 aliphatic heterocycles. The van der Waals surface area contributed by atoms with Gasteiger partial charge in [0.1, 0.15) is 11.5 Å². The summed E-state index contributed by atoms with van der Waals surface area (Å²) in [5, 5.41) is 0. The number of imidazole rings is 1. The van der Waals surface area contributed by atoms with Gasteiger partial charge in [0.2, 0.25) is 0 Å². The van der Waals surface area contributed by atoms with E-state index in [4.69, 9.17) is 4.74 Å². The summed E-state index contributed by atoms with van der Waals surface area (Å²) in [5.74, 6) is -0.0938. The minimum atomic E-state index is -4.48. The van der Waals surface area contributed by atoms with E-state index in [9.17, 15) is 27.6 Å². The quantitative estimate of drug-likeness (QED) is 0.132. The van der Waals surface area contributed by atoms with Gasteiger partial charge in [-0.05, 0) is 54.3 Å². The molecule has 43 heavy (non-hydrogen) atoms. The van der Waals surface area contributed by atoms with Crippen LogP contribution in [0.15, 0.2) is 60.4 Å². The van der Waals surface area contributed by atoms with Gasteiger partial charge in [0, 0.05) is 19.5 Å². The van der Waals surface area contributed by atoms with Gasteiger partial charge in [0.05, 0.1) is 36.7 Å². The number of urea groups is 1. The smallest absolute Gasteiger partial charge is 0.416 e. The third-order valence-electron chi connectivity index (χ3n) is 7.30. The molecule has 4 rings (SSSR count). The summed E-state index contributed by atoms with van der Waals surface area (Å²) < 4.78 is 46.1. The number of rotatable bonds is 12. The van der Waals surface area contributed by atoms with Crippen LogP contribution in [-0.4, -0.2) is 50.9 Å². The number of unbranched alkanes of at least 4 members (excludes halogenated alkanes) is 2. The van der Waals surface area contributed by atoms with E-state index in [1.54, 1.807) is 24.4 Å². The number of halogens is 3. The van der Waals surface area contributed by atoms with Gasteiger partial charge in [0.25, 0.3) is 5.91 Å². The van der Waals surface area contributed by atoms with Gasteiger partial charge in [0.15, 0.2) is 0 Å². The van der Waals surface area contributed by atoms with E-state index in [1.807, 2.05) is 23.6 Å². The van der Waals surface area contributed by atoms with Crippen molar-refractivity contribution >= 4 is 24.0 Å². The Morgan fingerprint density at radius 3 is 2.14 bits per heavy atom. The van der Waals surface area contributed by atoms with E-state index in [1.165, 1.54) is 29.0 Å². The first kappa shape index (κ1) is 31.5. The molecule has 2 heterocycles. The lowest BCUT2D eigenvalue weighted by atomic mass is 10.1. The lowest BCUT2D eigenvalue weighted by molar-refractivity contribution is -0.137. The molecule has 2 aromatic carbocycles. The fourth-order valence-corrected chi connectivity index (χ4v) is 4.82. The first-order valence-corrected chi connectivity index (χ1v) is 14.3. The van der Waals surface area contributed by atoms with Crippen LogP contribution in [-0.2, 0) is 35.2 Å². The maximum Gasteiger partial charge on any atom is 0.416 e. The molecule has 1 saturated heterocycles. The first-order chi connectivity index (χ1) is 20.6. The zero-order chi connectivity index (χ0) is 31.1. The van der Waals surface area contributed by atoms with Gasteiger partial charge in [-0.1, -0.05) is 51.0 Å². The predicted octanol–water partition coefficient (Wildman–Crippen LogP) is 6.68. The molecule has 3 amide bonds. The summed E-state index contributed by atoms with van der Waals surface area (Å²) in [5.41, 5.74) is 1.72. The Balaban J connectivity index is 1.71. The molecule has 1 aliphatic rings. The van der Waals surface area contributed by atoms with Crippen molar-refractivity contribution < 1.29 is 32.3 Å². The zero-order valence-electron chi connectivity index (χ0n) is 24.5. The normalized spacial score (nSPS) is 14.7. The second-order valence-electron chi connectivity index (χ2n) is 10.4. The third-order valence-corrected chi connectivity index (χ3v) is 7.30. The molecule has 0 bridgehead atoms. The number of methoxy groups -OCH3 is 1. The van der Waals surface area contributed by atoms with Crippen LogP contribution in [0.25, 0.3) is 6.08 Å². The van der Waals surface area contributed by atoms with Crippen molar-refractivity contribution in [3.05, 3.63) is 94.2 Å². The summed E-state index contributed by atoms with van der Waals surface area (Å²) in [6, 6.07) is 11.1. The van der Waals surface area contributed by atoms with E-state index >= 15 is 0 Å². The van der Waals surface area contributed by atoms with Gasteiger partial charge < -0.3 is 9.30 Å². The number of aromatic nitrogens is 2. The number of carbonyl (C=O) groups is 3. The number of hydrogen-bond donors (Lipinski definition) is 0. The van der Waals surface area contributed by atoms with Crippen LogP contribution in [0.1, 0.15) is 78.1 Å². The molecule has 228 valence electrons. The van der Waals surface area contributed by atoms with Crippen LogP contribution in [0.2, 0.25) is 0 Å². The van der Waals surface area contributed by atoms with Crippen molar-refractivity contribution in [2.75, 3.05) is 13.7 Å². The number of carbonyl (C=O) groups excluding carboxylic acids is 3. The fraction of sp³-hybridized carbons (Fsp3) is 0.375. The van der Waals surface area contributed by atoms with E-state index in [2.05, 4.69) is 11.9 Å². The average molecular weight is 597 g/mol. The number of hydrogen-bond acceptors (Lipinski definition) is 5. The van der Waals surface area contributed by atoms with Crippen LogP contribution in [0.4, 0.5) is 18.0 Å². The highest BCUT2D eigenvalue weighted by Crippen LogP contribution is 2.31. The number of amides is 3.